The molecule has 0 heterocycles. The van der Waals surface area contributed by atoms with Gasteiger partial charge in [0.25, 0.3) is 5.69 Å². The highest BCUT2D eigenvalue weighted by Gasteiger charge is 2.05. The third-order valence-corrected chi connectivity index (χ3v) is 3.84. The molecular weight excluding hydrogens is 339 g/mol. The highest BCUT2D eigenvalue weighted by Crippen LogP contribution is 2.26. The first-order valence-electron chi connectivity index (χ1n) is 6.60. The molecule has 0 aliphatic heterocycles. The predicted octanol–water partition coefficient (Wildman–Crippen LogP) is 4.23. The molecule has 0 radical (unpaired) electrons. The molecule has 2 rings (SSSR count). The molecule has 0 saturated heterocycles. The number of rotatable bonds is 5. The molecule has 118 valence electrons. The molecule has 5 nitrogen and oxygen atoms in total. The van der Waals surface area contributed by atoms with Crippen LogP contribution < -0.4 is 5.32 Å². The fourth-order valence-electron chi connectivity index (χ4n) is 1.80. The van der Waals surface area contributed by atoms with Crippen LogP contribution in [-0.4, -0.2) is 10.8 Å². The van der Waals surface area contributed by atoms with Gasteiger partial charge < -0.3 is 5.32 Å². The van der Waals surface area contributed by atoms with E-state index in [0.717, 1.165) is 5.56 Å². The van der Waals surface area contributed by atoms with E-state index in [2.05, 4.69) is 5.32 Å². The van der Waals surface area contributed by atoms with Crippen molar-refractivity contribution in [3.8, 4) is 0 Å². The molecule has 0 spiro atoms. The van der Waals surface area contributed by atoms with Gasteiger partial charge in [0.05, 0.1) is 15.0 Å². The third kappa shape index (κ3) is 4.81. The second-order valence-electron chi connectivity index (χ2n) is 4.62. The molecule has 0 aromatic heterocycles. The van der Waals surface area contributed by atoms with E-state index in [-0.39, 0.29) is 18.1 Å². The number of non-ortho nitro benzene ring substituents is 1. The summed E-state index contributed by atoms with van der Waals surface area (Å²) in [7, 11) is 0. The Morgan fingerprint density at radius 1 is 1.17 bits per heavy atom. The summed E-state index contributed by atoms with van der Waals surface area (Å²) in [5.41, 5.74) is 1.42. The lowest BCUT2D eigenvalue weighted by Gasteiger charge is -2.03. The second-order valence-corrected chi connectivity index (χ2v) is 5.40. The summed E-state index contributed by atoms with van der Waals surface area (Å²) in [6.07, 6.45) is 2.92. The summed E-state index contributed by atoms with van der Waals surface area (Å²) in [6.45, 7) is 0.268. The molecule has 7 heteroatoms. The number of halogens is 2. The van der Waals surface area contributed by atoms with Gasteiger partial charge in [-0.3, -0.25) is 14.9 Å². The number of nitro groups is 1. The van der Waals surface area contributed by atoms with Crippen molar-refractivity contribution in [1.29, 1.82) is 0 Å². The fraction of sp³-hybridized carbons (Fsp3) is 0.0625. The van der Waals surface area contributed by atoms with Crippen LogP contribution in [0, 0.1) is 10.1 Å². The lowest BCUT2D eigenvalue weighted by Crippen LogP contribution is -2.20. The van der Waals surface area contributed by atoms with Gasteiger partial charge in [-0.1, -0.05) is 47.5 Å². The standard InChI is InChI=1S/C16H12Cl2N2O3/c17-14-3-1-2-12(16(14)18)6-9-15(21)19-10-11-4-7-13(8-5-11)20(22)23/h1-9H,10H2,(H,19,21). The Balaban J connectivity index is 1.93. The van der Waals surface area contributed by atoms with E-state index in [4.69, 9.17) is 23.2 Å². The normalized spacial score (nSPS) is 10.7. The maximum absolute atomic E-state index is 11.8. The Kier molecular flexibility index (Phi) is 5.73. The van der Waals surface area contributed by atoms with Crippen LogP contribution in [-0.2, 0) is 11.3 Å². The predicted molar refractivity (Wildman–Crippen MR) is 90.4 cm³/mol. The van der Waals surface area contributed by atoms with Crippen molar-refractivity contribution >= 4 is 40.9 Å². The Labute approximate surface area is 142 Å². The largest absolute Gasteiger partial charge is 0.348 e. The molecule has 0 aliphatic rings. The maximum Gasteiger partial charge on any atom is 0.269 e. The minimum absolute atomic E-state index is 0.00979. The highest BCUT2D eigenvalue weighted by atomic mass is 35.5. The summed E-state index contributed by atoms with van der Waals surface area (Å²) >= 11 is 11.9. The molecule has 0 aliphatic carbocycles. The van der Waals surface area contributed by atoms with Gasteiger partial charge in [-0.2, -0.15) is 0 Å². The van der Waals surface area contributed by atoms with Crippen LogP contribution in [0.3, 0.4) is 0 Å². The number of carbonyl (C=O) groups is 1. The van der Waals surface area contributed by atoms with Crippen LogP contribution in [0.5, 0.6) is 0 Å². The summed E-state index contributed by atoms with van der Waals surface area (Å²) in [6, 6.07) is 11.1. The zero-order valence-electron chi connectivity index (χ0n) is 11.8. The number of amides is 1. The van der Waals surface area contributed by atoms with Crippen molar-refractivity contribution in [2.45, 2.75) is 6.54 Å². The first-order chi connectivity index (χ1) is 11.0. The van der Waals surface area contributed by atoms with Crippen molar-refractivity contribution in [3.63, 3.8) is 0 Å². The molecule has 0 saturated carbocycles. The fourth-order valence-corrected chi connectivity index (χ4v) is 2.17. The Hall–Kier alpha value is -2.37. The SMILES string of the molecule is O=C(C=Cc1cccc(Cl)c1Cl)NCc1ccc([N+](=O)[O-])cc1. The minimum atomic E-state index is -0.472. The molecular formula is C16H12Cl2N2O3. The van der Waals surface area contributed by atoms with Crippen LogP contribution in [0.2, 0.25) is 10.0 Å². The Morgan fingerprint density at radius 2 is 1.87 bits per heavy atom. The zero-order chi connectivity index (χ0) is 16.8. The molecule has 0 unspecified atom stereocenters. The van der Waals surface area contributed by atoms with Crippen molar-refractivity contribution < 1.29 is 9.72 Å². The Bertz CT molecular complexity index is 758. The van der Waals surface area contributed by atoms with Crippen molar-refractivity contribution in [1.82, 2.24) is 5.32 Å². The Morgan fingerprint density at radius 3 is 2.52 bits per heavy atom. The number of hydrogen-bond donors (Lipinski definition) is 1. The quantitative estimate of drug-likeness (QED) is 0.498. The molecule has 0 fully saturated rings. The summed E-state index contributed by atoms with van der Waals surface area (Å²) < 4.78 is 0. The van der Waals surface area contributed by atoms with E-state index in [1.165, 1.54) is 18.2 Å². The molecule has 0 bridgehead atoms. The van der Waals surface area contributed by atoms with E-state index in [1.807, 2.05) is 0 Å². The van der Waals surface area contributed by atoms with E-state index < -0.39 is 4.92 Å². The maximum atomic E-state index is 11.8. The average Bonchev–Trinajstić information content (AvgIpc) is 2.54. The summed E-state index contributed by atoms with van der Waals surface area (Å²) in [5, 5.41) is 14.0. The van der Waals surface area contributed by atoms with Crippen molar-refractivity contribution in [2.24, 2.45) is 0 Å². The summed E-state index contributed by atoms with van der Waals surface area (Å²) in [5.74, 6) is -0.306. The number of nitro benzene ring substituents is 1. The van der Waals surface area contributed by atoms with Gasteiger partial charge in [-0.15, -0.1) is 0 Å². The second kappa shape index (κ2) is 7.76. The topological polar surface area (TPSA) is 72.2 Å². The van der Waals surface area contributed by atoms with Crippen molar-refractivity contribution in [2.75, 3.05) is 0 Å². The van der Waals surface area contributed by atoms with Crippen LogP contribution in [0.4, 0.5) is 5.69 Å². The lowest BCUT2D eigenvalue weighted by atomic mass is 10.2. The minimum Gasteiger partial charge on any atom is -0.348 e. The van der Waals surface area contributed by atoms with Gasteiger partial charge in [-0.05, 0) is 23.3 Å². The van der Waals surface area contributed by atoms with Gasteiger partial charge in [0.15, 0.2) is 0 Å². The van der Waals surface area contributed by atoms with Gasteiger partial charge in [0, 0.05) is 24.8 Å². The van der Waals surface area contributed by atoms with Crippen LogP contribution >= 0.6 is 23.2 Å². The lowest BCUT2D eigenvalue weighted by molar-refractivity contribution is -0.384. The summed E-state index contributed by atoms with van der Waals surface area (Å²) in [4.78, 5) is 21.9. The van der Waals surface area contributed by atoms with E-state index >= 15 is 0 Å². The number of carbonyl (C=O) groups excluding carboxylic acids is 1. The molecule has 1 amide bonds. The van der Waals surface area contributed by atoms with E-state index in [9.17, 15) is 14.9 Å². The molecule has 2 aromatic rings. The number of hydrogen-bond acceptors (Lipinski definition) is 3. The first kappa shape index (κ1) is 17.0. The zero-order valence-corrected chi connectivity index (χ0v) is 13.3. The van der Waals surface area contributed by atoms with E-state index in [0.29, 0.717) is 15.6 Å². The van der Waals surface area contributed by atoms with Gasteiger partial charge in [-0.25, -0.2) is 0 Å². The molecule has 0 atom stereocenters. The highest BCUT2D eigenvalue weighted by molar-refractivity contribution is 6.42. The smallest absolute Gasteiger partial charge is 0.269 e. The average molecular weight is 351 g/mol. The van der Waals surface area contributed by atoms with Crippen LogP contribution in [0.25, 0.3) is 6.08 Å². The molecule has 1 N–H and O–H groups in total. The number of nitrogens with zero attached hydrogens (tertiary/aromatic N) is 1. The number of nitrogens with one attached hydrogen (secondary N) is 1. The first-order valence-corrected chi connectivity index (χ1v) is 7.36. The van der Waals surface area contributed by atoms with Gasteiger partial charge >= 0.3 is 0 Å². The van der Waals surface area contributed by atoms with Gasteiger partial charge in [0.1, 0.15) is 0 Å². The molecule has 2 aromatic carbocycles. The van der Waals surface area contributed by atoms with Crippen LogP contribution in [0.1, 0.15) is 11.1 Å². The monoisotopic (exact) mass is 350 g/mol. The van der Waals surface area contributed by atoms with Crippen molar-refractivity contribution in [3.05, 3.63) is 79.8 Å². The third-order valence-electron chi connectivity index (χ3n) is 3.01. The van der Waals surface area contributed by atoms with E-state index in [1.54, 1.807) is 36.4 Å². The number of benzene rings is 2. The van der Waals surface area contributed by atoms with Crippen LogP contribution in [0.15, 0.2) is 48.5 Å². The molecule has 23 heavy (non-hydrogen) atoms. The van der Waals surface area contributed by atoms with Gasteiger partial charge in [0.2, 0.25) is 5.91 Å².